The molecule has 84 valence electrons. The summed E-state index contributed by atoms with van der Waals surface area (Å²) in [5.41, 5.74) is 0. The molecule has 2 aromatic rings. The second-order valence-electron chi connectivity index (χ2n) is 3.26. The summed E-state index contributed by atoms with van der Waals surface area (Å²) in [6.45, 7) is 0.772. The quantitative estimate of drug-likeness (QED) is 0.866. The second kappa shape index (κ2) is 5.12. The molecule has 0 fully saturated rings. The molecule has 0 radical (unpaired) electrons. The van der Waals surface area contributed by atoms with Gasteiger partial charge in [-0.15, -0.1) is 11.3 Å². The van der Waals surface area contributed by atoms with Crippen molar-refractivity contribution in [3.8, 4) is 0 Å². The molecule has 0 aliphatic rings. The van der Waals surface area contributed by atoms with Crippen LogP contribution in [0.3, 0.4) is 0 Å². The highest BCUT2D eigenvalue weighted by Crippen LogP contribution is 2.24. The number of nitrogens with zero attached hydrogens (tertiary/aromatic N) is 3. The molecule has 0 saturated carbocycles. The molecule has 0 aliphatic heterocycles. The van der Waals surface area contributed by atoms with Gasteiger partial charge in [0.25, 0.3) is 0 Å². The van der Waals surface area contributed by atoms with Crippen LogP contribution in [0.1, 0.15) is 4.88 Å². The fourth-order valence-corrected chi connectivity index (χ4v) is 3.07. The number of halogens is 2. The van der Waals surface area contributed by atoms with Crippen LogP contribution >= 0.6 is 38.9 Å². The van der Waals surface area contributed by atoms with Gasteiger partial charge in [0.15, 0.2) is 11.0 Å². The highest BCUT2D eigenvalue weighted by atomic mass is 79.9. The van der Waals surface area contributed by atoms with Gasteiger partial charge in [-0.25, -0.2) is 9.97 Å². The second-order valence-corrected chi connectivity index (χ2v) is 5.53. The van der Waals surface area contributed by atoms with E-state index < -0.39 is 0 Å². The molecular weight excluding hydrogens is 310 g/mol. The minimum Gasteiger partial charge on any atom is -0.352 e. The Kier molecular flexibility index (Phi) is 3.78. The third kappa shape index (κ3) is 2.72. The molecule has 3 nitrogen and oxygen atoms in total. The molecular formula is C10H9BrClN3S. The van der Waals surface area contributed by atoms with Gasteiger partial charge in [-0.1, -0.05) is 11.6 Å². The molecule has 0 aliphatic carbocycles. The minimum atomic E-state index is 0.431. The van der Waals surface area contributed by atoms with Crippen LogP contribution in [-0.2, 0) is 6.54 Å². The van der Waals surface area contributed by atoms with Gasteiger partial charge >= 0.3 is 0 Å². The Bertz CT molecular complexity index is 488. The van der Waals surface area contributed by atoms with Crippen molar-refractivity contribution < 1.29 is 0 Å². The summed E-state index contributed by atoms with van der Waals surface area (Å²) in [5, 5.41) is 2.49. The lowest BCUT2D eigenvalue weighted by Gasteiger charge is -2.17. The first-order valence-corrected chi connectivity index (χ1v) is 6.62. The lowest BCUT2D eigenvalue weighted by molar-refractivity contribution is 0.903. The van der Waals surface area contributed by atoms with E-state index >= 15 is 0 Å². The van der Waals surface area contributed by atoms with E-state index in [1.54, 1.807) is 23.7 Å². The SMILES string of the molecule is CN(Cc1cc(Br)cs1)c1nccnc1Cl. The van der Waals surface area contributed by atoms with Crippen molar-refractivity contribution >= 4 is 44.7 Å². The fraction of sp³-hybridized carbons (Fsp3) is 0.200. The zero-order valence-corrected chi connectivity index (χ0v) is 11.7. The molecule has 0 N–H and O–H groups in total. The first kappa shape index (κ1) is 11.8. The van der Waals surface area contributed by atoms with E-state index in [1.165, 1.54) is 4.88 Å². The van der Waals surface area contributed by atoms with E-state index in [0.29, 0.717) is 11.0 Å². The van der Waals surface area contributed by atoms with E-state index in [2.05, 4.69) is 37.3 Å². The fourth-order valence-electron chi connectivity index (χ4n) is 1.32. The van der Waals surface area contributed by atoms with Crippen LogP contribution < -0.4 is 4.90 Å². The molecule has 0 aromatic carbocycles. The molecule has 0 unspecified atom stereocenters. The van der Waals surface area contributed by atoms with E-state index in [0.717, 1.165) is 11.0 Å². The van der Waals surface area contributed by atoms with Crippen LogP contribution in [-0.4, -0.2) is 17.0 Å². The number of thiophene rings is 1. The highest BCUT2D eigenvalue weighted by Gasteiger charge is 2.09. The summed E-state index contributed by atoms with van der Waals surface area (Å²) in [4.78, 5) is 11.4. The Morgan fingerprint density at radius 3 is 2.81 bits per heavy atom. The number of hydrogen-bond acceptors (Lipinski definition) is 4. The van der Waals surface area contributed by atoms with Gasteiger partial charge in [0.1, 0.15) is 0 Å². The largest absolute Gasteiger partial charge is 0.352 e. The maximum Gasteiger partial charge on any atom is 0.171 e. The van der Waals surface area contributed by atoms with Crippen molar-refractivity contribution in [2.75, 3.05) is 11.9 Å². The predicted octanol–water partition coefficient (Wildman–Crippen LogP) is 3.59. The number of rotatable bonds is 3. The van der Waals surface area contributed by atoms with Gasteiger partial charge < -0.3 is 4.90 Å². The zero-order chi connectivity index (χ0) is 11.5. The van der Waals surface area contributed by atoms with E-state index in [4.69, 9.17) is 11.6 Å². The van der Waals surface area contributed by atoms with Crippen LogP contribution in [0.4, 0.5) is 5.82 Å². The average molecular weight is 319 g/mol. The molecule has 0 bridgehead atoms. The Morgan fingerprint density at radius 2 is 2.19 bits per heavy atom. The number of hydrogen-bond donors (Lipinski definition) is 0. The monoisotopic (exact) mass is 317 g/mol. The van der Waals surface area contributed by atoms with E-state index in [9.17, 15) is 0 Å². The van der Waals surface area contributed by atoms with Crippen LogP contribution in [0, 0.1) is 0 Å². The Morgan fingerprint density at radius 1 is 1.44 bits per heavy atom. The summed E-state index contributed by atoms with van der Waals surface area (Å²) in [6, 6.07) is 2.09. The van der Waals surface area contributed by atoms with Crippen LogP contribution in [0.5, 0.6) is 0 Å². The molecule has 0 atom stereocenters. The molecule has 2 rings (SSSR count). The lowest BCUT2D eigenvalue weighted by Crippen LogP contribution is -2.17. The summed E-state index contributed by atoms with van der Waals surface area (Å²) < 4.78 is 1.10. The van der Waals surface area contributed by atoms with Gasteiger partial charge in [0, 0.05) is 34.2 Å². The molecule has 0 saturated heterocycles. The van der Waals surface area contributed by atoms with Crippen molar-refractivity contribution in [3.05, 3.63) is 38.3 Å². The van der Waals surface area contributed by atoms with Crippen molar-refractivity contribution in [1.82, 2.24) is 9.97 Å². The summed E-state index contributed by atoms with van der Waals surface area (Å²) in [7, 11) is 1.95. The van der Waals surface area contributed by atoms with Gasteiger partial charge in [-0.2, -0.15) is 0 Å². The maximum absolute atomic E-state index is 5.97. The highest BCUT2D eigenvalue weighted by molar-refractivity contribution is 9.10. The van der Waals surface area contributed by atoms with Crippen molar-refractivity contribution in [3.63, 3.8) is 0 Å². The number of anilines is 1. The molecule has 2 heterocycles. The van der Waals surface area contributed by atoms with E-state index in [1.807, 2.05) is 11.9 Å². The van der Waals surface area contributed by atoms with Crippen molar-refractivity contribution in [2.45, 2.75) is 6.54 Å². The number of aromatic nitrogens is 2. The lowest BCUT2D eigenvalue weighted by atomic mass is 10.4. The standard InChI is InChI=1S/C10H9BrClN3S/c1-15(5-8-4-7(11)6-16-8)10-9(12)13-2-3-14-10/h2-4,6H,5H2,1H3. The van der Waals surface area contributed by atoms with Gasteiger partial charge in [-0.3, -0.25) is 0 Å². The maximum atomic E-state index is 5.97. The van der Waals surface area contributed by atoms with Gasteiger partial charge in [-0.05, 0) is 22.0 Å². The molecule has 0 spiro atoms. The van der Waals surface area contributed by atoms with Crippen molar-refractivity contribution in [1.29, 1.82) is 0 Å². The first-order valence-electron chi connectivity index (χ1n) is 4.57. The van der Waals surface area contributed by atoms with Crippen molar-refractivity contribution in [2.24, 2.45) is 0 Å². The molecule has 0 amide bonds. The minimum absolute atomic E-state index is 0.431. The summed E-state index contributed by atoms with van der Waals surface area (Å²) in [5.74, 6) is 0.702. The van der Waals surface area contributed by atoms with E-state index in [-0.39, 0.29) is 0 Å². The molecule has 6 heteroatoms. The third-order valence-corrected chi connectivity index (χ3v) is 3.96. The molecule has 2 aromatic heterocycles. The average Bonchev–Trinajstić information content (AvgIpc) is 2.64. The first-order chi connectivity index (χ1) is 7.66. The Labute approximate surface area is 111 Å². The van der Waals surface area contributed by atoms with Crippen LogP contribution in [0.2, 0.25) is 5.15 Å². The normalized spacial score (nSPS) is 10.4. The molecule has 16 heavy (non-hydrogen) atoms. The van der Waals surface area contributed by atoms with Gasteiger partial charge in [0.05, 0.1) is 6.54 Å². The topological polar surface area (TPSA) is 29.0 Å². The predicted molar refractivity (Wildman–Crippen MR) is 71.2 cm³/mol. The smallest absolute Gasteiger partial charge is 0.171 e. The van der Waals surface area contributed by atoms with Crippen LogP contribution in [0.25, 0.3) is 0 Å². The summed E-state index contributed by atoms with van der Waals surface area (Å²) in [6.07, 6.45) is 3.23. The van der Waals surface area contributed by atoms with Gasteiger partial charge in [0.2, 0.25) is 0 Å². The van der Waals surface area contributed by atoms with Crippen LogP contribution in [0.15, 0.2) is 28.3 Å². The zero-order valence-electron chi connectivity index (χ0n) is 8.52. The summed E-state index contributed by atoms with van der Waals surface area (Å²) >= 11 is 11.1. The Hall–Kier alpha value is -0.650. The third-order valence-electron chi connectivity index (χ3n) is 2.01. The Balaban J connectivity index is 2.14.